The van der Waals surface area contributed by atoms with E-state index in [4.69, 9.17) is 0 Å². The molecule has 1 aromatic heterocycles. The SMILES string of the molecule is CC1CCC(CNc2nn(C)c(=O)n(C)c2=O)C1. The van der Waals surface area contributed by atoms with Crippen molar-refractivity contribution in [3.05, 3.63) is 20.8 Å². The summed E-state index contributed by atoms with van der Waals surface area (Å²) in [5.74, 6) is 1.63. The predicted octanol–water partition coefficient (Wildman–Crippen LogP) is 0.327. The quantitative estimate of drug-likeness (QED) is 0.841. The lowest BCUT2D eigenvalue weighted by molar-refractivity contribution is 0.532. The molecule has 0 saturated heterocycles. The molecule has 1 saturated carbocycles. The van der Waals surface area contributed by atoms with Crippen molar-refractivity contribution in [1.82, 2.24) is 14.3 Å². The Labute approximate surface area is 106 Å². The van der Waals surface area contributed by atoms with E-state index < -0.39 is 5.69 Å². The summed E-state index contributed by atoms with van der Waals surface area (Å²) in [5, 5.41) is 7.05. The maximum absolute atomic E-state index is 11.8. The first kappa shape index (κ1) is 12.9. The van der Waals surface area contributed by atoms with Crippen LogP contribution in [0.25, 0.3) is 0 Å². The highest BCUT2D eigenvalue weighted by atomic mass is 16.2. The third kappa shape index (κ3) is 2.47. The molecule has 0 aliphatic heterocycles. The zero-order valence-electron chi connectivity index (χ0n) is 11.1. The standard InChI is InChI=1S/C12H20N4O2/c1-8-4-5-9(6-8)7-13-10-11(17)15(2)12(18)16(3)14-10/h8-9H,4-7H2,1-3H3,(H,13,14). The van der Waals surface area contributed by atoms with Crippen LogP contribution in [0.2, 0.25) is 0 Å². The van der Waals surface area contributed by atoms with E-state index >= 15 is 0 Å². The first-order valence-corrected chi connectivity index (χ1v) is 6.37. The van der Waals surface area contributed by atoms with E-state index in [0.717, 1.165) is 17.0 Å². The minimum atomic E-state index is -0.403. The van der Waals surface area contributed by atoms with Crippen LogP contribution in [-0.4, -0.2) is 20.9 Å². The smallest absolute Gasteiger partial charge is 0.346 e. The van der Waals surface area contributed by atoms with Crippen molar-refractivity contribution in [3.63, 3.8) is 0 Å². The van der Waals surface area contributed by atoms with Gasteiger partial charge in [-0.1, -0.05) is 13.3 Å². The number of nitrogens with one attached hydrogen (secondary N) is 1. The van der Waals surface area contributed by atoms with Gasteiger partial charge in [-0.25, -0.2) is 9.48 Å². The van der Waals surface area contributed by atoms with Gasteiger partial charge < -0.3 is 5.32 Å². The van der Waals surface area contributed by atoms with Crippen LogP contribution in [-0.2, 0) is 14.1 Å². The lowest BCUT2D eigenvalue weighted by atomic mass is 10.1. The molecular weight excluding hydrogens is 232 g/mol. The maximum Gasteiger partial charge on any atom is 0.346 e. The number of aromatic nitrogens is 3. The number of hydrogen-bond acceptors (Lipinski definition) is 4. The van der Waals surface area contributed by atoms with Crippen LogP contribution in [0.15, 0.2) is 9.59 Å². The average molecular weight is 252 g/mol. The Morgan fingerprint density at radius 3 is 2.67 bits per heavy atom. The predicted molar refractivity (Wildman–Crippen MR) is 69.7 cm³/mol. The number of anilines is 1. The van der Waals surface area contributed by atoms with Gasteiger partial charge in [0.15, 0.2) is 0 Å². The summed E-state index contributed by atoms with van der Waals surface area (Å²) in [6.07, 6.45) is 3.64. The Bertz CT molecular complexity index is 546. The van der Waals surface area contributed by atoms with Gasteiger partial charge in [-0.05, 0) is 24.7 Å². The normalized spacial score (nSPS) is 23.3. The van der Waals surface area contributed by atoms with Crippen molar-refractivity contribution in [2.75, 3.05) is 11.9 Å². The van der Waals surface area contributed by atoms with Gasteiger partial charge in [-0.3, -0.25) is 9.36 Å². The summed E-state index contributed by atoms with van der Waals surface area (Å²) in [5.41, 5.74) is -0.760. The van der Waals surface area contributed by atoms with Crippen molar-refractivity contribution in [2.24, 2.45) is 25.9 Å². The molecule has 2 atom stereocenters. The molecule has 0 spiro atoms. The minimum absolute atomic E-state index is 0.263. The molecule has 6 heteroatoms. The average Bonchev–Trinajstić information content (AvgIpc) is 2.75. The van der Waals surface area contributed by atoms with Crippen LogP contribution in [0, 0.1) is 11.8 Å². The van der Waals surface area contributed by atoms with Crippen LogP contribution < -0.4 is 16.6 Å². The van der Waals surface area contributed by atoms with E-state index in [1.165, 1.54) is 31.0 Å². The van der Waals surface area contributed by atoms with Crippen LogP contribution in [0.1, 0.15) is 26.2 Å². The third-order valence-corrected chi connectivity index (χ3v) is 3.68. The Morgan fingerprint density at radius 1 is 1.33 bits per heavy atom. The molecule has 0 radical (unpaired) electrons. The highest BCUT2D eigenvalue weighted by Crippen LogP contribution is 2.29. The van der Waals surface area contributed by atoms with Gasteiger partial charge in [0, 0.05) is 20.6 Å². The maximum atomic E-state index is 11.8. The van der Waals surface area contributed by atoms with E-state index in [9.17, 15) is 9.59 Å². The van der Waals surface area contributed by atoms with Gasteiger partial charge in [-0.15, -0.1) is 5.10 Å². The fourth-order valence-corrected chi connectivity index (χ4v) is 2.56. The van der Waals surface area contributed by atoms with E-state index in [0.29, 0.717) is 5.92 Å². The minimum Gasteiger partial charge on any atom is -0.364 e. The zero-order valence-corrected chi connectivity index (χ0v) is 11.1. The lowest BCUT2D eigenvalue weighted by Crippen LogP contribution is -2.40. The number of nitrogens with zero attached hydrogens (tertiary/aromatic N) is 3. The molecule has 1 fully saturated rings. The van der Waals surface area contributed by atoms with Gasteiger partial charge in [0.2, 0.25) is 5.82 Å². The number of rotatable bonds is 3. The van der Waals surface area contributed by atoms with Crippen molar-refractivity contribution in [3.8, 4) is 0 Å². The molecule has 0 aromatic carbocycles. The molecule has 1 aliphatic carbocycles. The molecule has 18 heavy (non-hydrogen) atoms. The fourth-order valence-electron chi connectivity index (χ4n) is 2.56. The molecule has 2 rings (SSSR count). The van der Waals surface area contributed by atoms with Crippen LogP contribution in [0.5, 0.6) is 0 Å². The molecule has 1 aromatic rings. The second-order valence-electron chi connectivity index (χ2n) is 5.28. The lowest BCUT2D eigenvalue weighted by Gasteiger charge is -2.12. The van der Waals surface area contributed by atoms with Gasteiger partial charge >= 0.3 is 5.69 Å². The molecule has 6 nitrogen and oxygen atoms in total. The van der Waals surface area contributed by atoms with Crippen LogP contribution >= 0.6 is 0 Å². The van der Waals surface area contributed by atoms with E-state index in [1.807, 2.05) is 0 Å². The van der Waals surface area contributed by atoms with Gasteiger partial charge in [0.05, 0.1) is 0 Å². The molecule has 100 valence electrons. The van der Waals surface area contributed by atoms with Crippen molar-refractivity contribution < 1.29 is 0 Å². The molecule has 1 heterocycles. The highest BCUT2D eigenvalue weighted by molar-refractivity contribution is 5.29. The Balaban J connectivity index is 2.11. The summed E-state index contributed by atoms with van der Waals surface area (Å²) in [4.78, 5) is 23.3. The van der Waals surface area contributed by atoms with Gasteiger partial charge in [0.25, 0.3) is 5.56 Å². The topological polar surface area (TPSA) is 68.9 Å². The molecule has 0 amide bonds. The molecular formula is C12H20N4O2. The second-order valence-corrected chi connectivity index (χ2v) is 5.28. The summed E-state index contributed by atoms with van der Waals surface area (Å²) in [7, 11) is 3.01. The van der Waals surface area contributed by atoms with Crippen LogP contribution in [0.3, 0.4) is 0 Å². The number of aryl methyl sites for hydroxylation is 1. The first-order valence-electron chi connectivity index (χ1n) is 6.37. The largest absolute Gasteiger partial charge is 0.364 e. The van der Waals surface area contributed by atoms with E-state index in [2.05, 4.69) is 17.3 Å². The molecule has 0 bridgehead atoms. The van der Waals surface area contributed by atoms with Crippen molar-refractivity contribution in [1.29, 1.82) is 0 Å². The van der Waals surface area contributed by atoms with Crippen LogP contribution in [0.4, 0.5) is 5.82 Å². The Hall–Kier alpha value is -1.59. The zero-order chi connectivity index (χ0) is 13.3. The Kier molecular flexibility index (Phi) is 3.54. The van der Waals surface area contributed by atoms with Gasteiger partial charge in [0.1, 0.15) is 0 Å². The van der Waals surface area contributed by atoms with E-state index in [1.54, 1.807) is 7.05 Å². The second kappa shape index (κ2) is 4.96. The first-order chi connectivity index (χ1) is 8.49. The van der Waals surface area contributed by atoms with Gasteiger partial charge in [-0.2, -0.15) is 0 Å². The summed E-state index contributed by atoms with van der Waals surface area (Å²) in [6.45, 7) is 3.01. The molecule has 1 aliphatic rings. The van der Waals surface area contributed by atoms with Crippen molar-refractivity contribution >= 4 is 5.82 Å². The van der Waals surface area contributed by atoms with E-state index in [-0.39, 0.29) is 11.4 Å². The molecule has 2 unspecified atom stereocenters. The third-order valence-electron chi connectivity index (χ3n) is 3.68. The highest BCUT2D eigenvalue weighted by Gasteiger charge is 2.21. The monoisotopic (exact) mass is 252 g/mol. The Morgan fingerprint density at radius 2 is 2.06 bits per heavy atom. The fraction of sp³-hybridized carbons (Fsp3) is 0.750. The summed E-state index contributed by atoms with van der Waals surface area (Å²) < 4.78 is 2.26. The van der Waals surface area contributed by atoms with Crippen molar-refractivity contribution in [2.45, 2.75) is 26.2 Å². The number of hydrogen-bond donors (Lipinski definition) is 1. The molecule has 1 N–H and O–H groups in total. The summed E-state index contributed by atoms with van der Waals surface area (Å²) in [6, 6.07) is 0. The summed E-state index contributed by atoms with van der Waals surface area (Å²) >= 11 is 0.